The largest absolute Gasteiger partial charge is 0.320 e. The number of amides is 1. The molecular formula is C15H20N4O. The SMILES string of the molecule is CCc1cn[nH]c1NC(=O)C(N)CCc1ccccc1. The first-order valence-electron chi connectivity index (χ1n) is 6.83. The number of carbonyl (C=O) groups excluding carboxylic acids is 1. The van der Waals surface area contributed by atoms with Crippen molar-refractivity contribution < 1.29 is 4.79 Å². The van der Waals surface area contributed by atoms with E-state index < -0.39 is 6.04 Å². The van der Waals surface area contributed by atoms with E-state index in [1.54, 1.807) is 6.20 Å². The van der Waals surface area contributed by atoms with Crippen molar-refractivity contribution in [2.24, 2.45) is 5.73 Å². The zero-order valence-electron chi connectivity index (χ0n) is 11.6. The highest BCUT2D eigenvalue weighted by molar-refractivity contribution is 5.94. The Morgan fingerprint density at radius 2 is 2.15 bits per heavy atom. The van der Waals surface area contributed by atoms with Crippen LogP contribution in [0.1, 0.15) is 24.5 Å². The lowest BCUT2D eigenvalue weighted by Gasteiger charge is -2.12. The molecule has 5 heteroatoms. The maximum Gasteiger partial charge on any atom is 0.242 e. The van der Waals surface area contributed by atoms with Gasteiger partial charge in [-0.25, -0.2) is 0 Å². The molecule has 1 aromatic carbocycles. The Balaban J connectivity index is 1.86. The van der Waals surface area contributed by atoms with E-state index in [1.165, 1.54) is 5.56 Å². The van der Waals surface area contributed by atoms with Crippen LogP contribution in [0.3, 0.4) is 0 Å². The molecule has 1 heterocycles. The number of benzene rings is 1. The molecule has 4 N–H and O–H groups in total. The fourth-order valence-corrected chi connectivity index (χ4v) is 2.00. The predicted octanol–water partition coefficient (Wildman–Crippen LogP) is 1.87. The molecule has 1 amide bonds. The number of aromatic amines is 1. The van der Waals surface area contributed by atoms with E-state index in [-0.39, 0.29) is 5.91 Å². The summed E-state index contributed by atoms with van der Waals surface area (Å²) in [6.45, 7) is 2.01. The third-order valence-electron chi connectivity index (χ3n) is 3.27. The average molecular weight is 272 g/mol. The van der Waals surface area contributed by atoms with Crippen molar-refractivity contribution in [3.05, 3.63) is 47.7 Å². The zero-order chi connectivity index (χ0) is 14.4. The molecule has 0 aliphatic heterocycles. The van der Waals surface area contributed by atoms with Crippen molar-refractivity contribution in [2.45, 2.75) is 32.2 Å². The second kappa shape index (κ2) is 6.86. The first kappa shape index (κ1) is 14.3. The number of rotatable bonds is 6. The van der Waals surface area contributed by atoms with E-state index in [4.69, 9.17) is 5.73 Å². The second-order valence-corrected chi connectivity index (χ2v) is 4.74. The number of nitrogens with two attached hydrogens (primary N) is 1. The second-order valence-electron chi connectivity index (χ2n) is 4.74. The molecule has 0 fully saturated rings. The number of carbonyl (C=O) groups is 1. The number of hydrogen-bond acceptors (Lipinski definition) is 3. The lowest BCUT2D eigenvalue weighted by Crippen LogP contribution is -2.36. The van der Waals surface area contributed by atoms with Gasteiger partial charge in [0.2, 0.25) is 5.91 Å². The molecule has 1 unspecified atom stereocenters. The summed E-state index contributed by atoms with van der Waals surface area (Å²) in [5.74, 6) is 0.465. The van der Waals surface area contributed by atoms with Gasteiger partial charge in [0, 0.05) is 5.56 Å². The highest BCUT2D eigenvalue weighted by Gasteiger charge is 2.15. The standard InChI is InChI=1S/C15H20N4O/c1-2-12-10-17-19-14(12)18-15(20)13(16)9-8-11-6-4-3-5-7-11/h3-7,10,13H,2,8-9,16H2,1H3,(H2,17,18,19,20). The summed E-state index contributed by atoms with van der Waals surface area (Å²) in [5.41, 5.74) is 8.09. The van der Waals surface area contributed by atoms with Gasteiger partial charge in [0.1, 0.15) is 5.82 Å². The molecule has 0 saturated heterocycles. The van der Waals surface area contributed by atoms with E-state index in [2.05, 4.69) is 15.5 Å². The monoisotopic (exact) mass is 272 g/mol. The van der Waals surface area contributed by atoms with Crippen LogP contribution in [0.2, 0.25) is 0 Å². The van der Waals surface area contributed by atoms with Gasteiger partial charge in [0.15, 0.2) is 0 Å². The number of nitrogens with zero attached hydrogens (tertiary/aromatic N) is 1. The smallest absolute Gasteiger partial charge is 0.242 e. The van der Waals surface area contributed by atoms with Crippen molar-refractivity contribution in [3.8, 4) is 0 Å². The number of hydrogen-bond donors (Lipinski definition) is 3. The minimum absolute atomic E-state index is 0.181. The van der Waals surface area contributed by atoms with Crippen molar-refractivity contribution in [1.82, 2.24) is 10.2 Å². The summed E-state index contributed by atoms with van der Waals surface area (Å²) in [6.07, 6.45) is 3.93. The molecule has 0 radical (unpaired) electrons. The number of nitrogens with one attached hydrogen (secondary N) is 2. The molecular weight excluding hydrogens is 252 g/mol. The van der Waals surface area contributed by atoms with E-state index in [0.29, 0.717) is 12.2 Å². The zero-order valence-corrected chi connectivity index (χ0v) is 11.6. The van der Waals surface area contributed by atoms with Crippen molar-refractivity contribution in [1.29, 1.82) is 0 Å². The minimum atomic E-state index is -0.525. The van der Waals surface area contributed by atoms with E-state index in [9.17, 15) is 4.79 Å². The topological polar surface area (TPSA) is 83.8 Å². The summed E-state index contributed by atoms with van der Waals surface area (Å²) < 4.78 is 0. The third kappa shape index (κ3) is 3.68. The van der Waals surface area contributed by atoms with Gasteiger partial charge < -0.3 is 11.1 Å². The Morgan fingerprint density at radius 1 is 1.40 bits per heavy atom. The molecule has 0 spiro atoms. The predicted molar refractivity (Wildman–Crippen MR) is 79.3 cm³/mol. The fourth-order valence-electron chi connectivity index (χ4n) is 2.00. The van der Waals surface area contributed by atoms with Gasteiger partial charge in [-0.05, 0) is 24.8 Å². The lowest BCUT2D eigenvalue weighted by atomic mass is 10.1. The van der Waals surface area contributed by atoms with Gasteiger partial charge in [-0.2, -0.15) is 5.10 Å². The quantitative estimate of drug-likeness (QED) is 0.750. The van der Waals surface area contributed by atoms with Crippen molar-refractivity contribution >= 4 is 11.7 Å². The van der Waals surface area contributed by atoms with Gasteiger partial charge in [-0.15, -0.1) is 0 Å². The normalized spacial score (nSPS) is 12.1. The Hall–Kier alpha value is -2.14. The Bertz CT molecular complexity index is 550. The van der Waals surface area contributed by atoms with E-state index in [1.807, 2.05) is 37.3 Å². The van der Waals surface area contributed by atoms with Gasteiger partial charge in [0.25, 0.3) is 0 Å². The van der Waals surface area contributed by atoms with Crippen LogP contribution in [0.5, 0.6) is 0 Å². The average Bonchev–Trinajstić information content (AvgIpc) is 2.93. The van der Waals surface area contributed by atoms with Crippen LogP contribution in [0.4, 0.5) is 5.82 Å². The summed E-state index contributed by atoms with van der Waals surface area (Å²) in [7, 11) is 0. The molecule has 2 aromatic rings. The van der Waals surface area contributed by atoms with Crippen molar-refractivity contribution in [3.63, 3.8) is 0 Å². The molecule has 1 atom stereocenters. The minimum Gasteiger partial charge on any atom is -0.320 e. The van der Waals surface area contributed by atoms with Crippen LogP contribution in [0, 0.1) is 0 Å². The van der Waals surface area contributed by atoms with Crippen LogP contribution >= 0.6 is 0 Å². The molecule has 106 valence electrons. The van der Waals surface area contributed by atoms with E-state index >= 15 is 0 Å². The number of aryl methyl sites for hydroxylation is 2. The molecule has 5 nitrogen and oxygen atoms in total. The fraction of sp³-hybridized carbons (Fsp3) is 0.333. The van der Waals surface area contributed by atoms with Gasteiger partial charge >= 0.3 is 0 Å². The number of aromatic nitrogens is 2. The van der Waals surface area contributed by atoms with Gasteiger partial charge in [0.05, 0.1) is 12.2 Å². The molecule has 2 rings (SSSR count). The molecule has 1 aromatic heterocycles. The maximum absolute atomic E-state index is 12.0. The Morgan fingerprint density at radius 3 is 2.85 bits per heavy atom. The molecule has 0 bridgehead atoms. The van der Waals surface area contributed by atoms with Crippen LogP contribution in [-0.4, -0.2) is 22.1 Å². The molecule has 0 aliphatic carbocycles. The number of H-pyrrole nitrogens is 1. The molecule has 0 aliphatic rings. The highest BCUT2D eigenvalue weighted by Crippen LogP contribution is 2.12. The Labute approximate surface area is 118 Å². The number of anilines is 1. The van der Waals surface area contributed by atoms with Crippen LogP contribution in [-0.2, 0) is 17.6 Å². The first-order chi connectivity index (χ1) is 9.70. The van der Waals surface area contributed by atoms with Gasteiger partial charge in [-0.3, -0.25) is 9.89 Å². The first-order valence-corrected chi connectivity index (χ1v) is 6.83. The van der Waals surface area contributed by atoms with Crippen LogP contribution in [0.25, 0.3) is 0 Å². The van der Waals surface area contributed by atoms with E-state index in [0.717, 1.165) is 18.4 Å². The summed E-state index contributed by atoms with van der Waals surface area (Å²) >= 11 is 0. The van der Waals surface area contributed by atoms with Crippen molar-refractivity contribution in [2.75, 3.05) is 5.32 Å². The Kier molecular flexibility index (Phi) is 4.90. The molecule has 0 saturated carbocycles. The van der Waals surface area contributed by atoms with Gasteiger partial charge in [-0.1, -0.05) is 37.3 Å². The van der Waals surface area contributed by atoms with Crippen LogP contribution < -0.4 is 11.1 Å². The van der Waals surface area contributed by atoms with Crippen LogP contribution in [0.15, 0.2) is 36.5 Å². The summed E-state index contributed by atoms with van der Waals surface area (Å²) in [6, 6.07) is 9.49. The summed E-state index contributed by atoms with van der Waals surface area (Å²) in [5, 5.41) is 9.49. The summed E-state index contributed by atoms with van der Waals surface area (Å²) in [4.78, 5) is 12.0. The highest BCUT2D eigenvalue weighted by atomic mass is 16.2. The molecule has 20 heavy (non-hydrogen) atoms. The third-order valence-corrected chi connectivity index (χ3v) is 3.27. The lowest BCUT2D eigenvalue weighted by molar-refractivity contribution is -0.117. The maximum atomic E-state index is 12.0.